The van der Waals surface area contributed by atoms with Crippen LogP contribution in [-0.2, 0) is 22.6 Å². The summed E-state index contributed by atoms with van der Waals surface area (Å²) in [6.45, 7) is 14.9. The van der Waals surface area contributed by atoms with Crippen molar-refractivity contribution in [3.63, 3.8) is 0 Å². The van der Waals surface area contributed by atoms with Crippen LogP contribution in [0.3, 0.4) is 0 Å². The van der Waals surface area contributed by atoms with E-state index in [1.807, 2.05) is 23.2 Å². The highest BCUT2D eigenvalue weighted by Gasteiger charge is 2.24. The zero-order valence-corrected chi connectivity index (χ0v) is 24.3. The molecule has 1 aromatic heterocycles. The fraction of sp³-hybridized carbons (Fsp3) is 0.515. The van der Waals surface area contributed by atoms with E-state index in [1.54, 1.807) is 4.90 Å². The monoisotopic (exact) mass is 517 g/mol. The average Bonchev–Trinajstić information content (AvgIpc) is 3.27. The van der Waals surface area contributed by atoms with Gasteiger partial charge in [-0.25, -0.2) is 0 Å². The Kier molecular flexibility index (Phi) is 10.6. The lowest BCUT2D eigenvalue weighted by atomic mass is 9.84. The molecule has 206 valence electrons. The van der Waals surface area contributed by atoms with Crippen LogP contribution < -0.4 is 0 Å². The van der Waals surface area contributed by atoms with Gasteiger partial charge in [0.25, 0.3) is 0 Å². The van der Waals surface area contributed by atoms with Crippen molar-refractivity contribution in [1.82, 2.24) is 14.8 Å². The molecular weight excluding hydrogens is 470 g/mol. The summed E-state index contributed by atoms with van der Waals surface area (Å²) >= 11 is 0. The third-order valence-corrected chi connectivity index (χ3v) is 7.12. The number of unbranched alkanes of at least 4 members (excludes halogenated alkanes) is 1. The highest BCUT2D eigenvalue weighted by molar-refractivity contribution is 5.85. The predicted octanol–water partition coefficient (Wildman–Crippen LogP) is 7.14. The fourth-order valence-corrected chi connectivity index (χ4v) is 5.25. The molecular formula is C33H47N3O2. The van der Waals surface area contributed by atoms with Crippen LogP contribution in [0.2, 0.25) is 0 Å². The van der Waals surface area contributed by atoms with Gasteiger partial charge in [-0.1, -0.05) is 89.1 Å². The maximum absolute atomic E-state index is 13.8. The Morgan fingerprint density at radius 1 is 0.947 bits per heavy atom. The summed E-state index contributed by atoms with van der Waals surface area (Å²) in [6.07, 6.45) is 6.17. The molecule has 5 nitrogen and oxygen atoms in total. The number of benzene rings is 2. The molecule has 0 fully saturated rings. The van der Waals surface area contributed by atoms with Crippen molar-refractivity contribution >= 4 is 22.7 Å². The Hall–Kier alpha value is -3.08. The second kappa shape index (κ2) is 13.6. The molecule has 2 amide bonds. The van der Waals surface area contributed by atoms with Crippen molar-refractivity contribution in [2.24, 2.45) is 11.3 Å². The van der Waals surface area contributed by atoms with Crippen LogP contribution in [0.15, 0.2) is 54.7 Å². The maximum Gasteiger partial charge on any atom is 0.242 e. The molecule has 0 spiro atoms. The summed E-state index contributed by atoms with van der Waals surface area (Å²) in [7, 11) is 0. The molecule has 3 rings (SSSR count). The molecule has 1 N–H and O–H groups in total. The van der Waals surface area contributed by atoms with E-state index >= 15 is 0 Å². The second-order valence-corrected chi connectivity index (χ2v) is 12.2. The summed E-state index contributed by atoms with van der Waals surface area (Å²) in [5.74, 6) is 0.390. The Morgan fingerprint density at radius 3 is 2.34 bits per heavy atom. The predicted molar refractivity (Wildman–Crippen MR) is 158 cm³/mol. The van der Waals surface area contributed by atoms with Crippen molar-refractivity contribution in [3.8, 4) is 0 Å². The van der Waals surface area contributed by atoms with E-state index < -0.39 is 0 Å². The normalized spacial score (nSPS) is 12.5. The number of nitrogens with one attached hydrogen (secondary N) is 1. The number of carbonyl (C=O) groups excluding carboxylic acids is 2. The average molecular weight is 518 g/mol. The third-order valence-electron chi connectivity index (χ3n) is 7.12. The van der Waals surface area contributed by atoms with Gasteiger partial charge in [-0.3, -0.25) is 9.59 Å². The van der Waals surface area contributed by atoms with Crippen LogP contribution >= 0.6 is 0 Å². The van der Waals surface area contributed by atoms with Gasteiger partial charge in [0, 0.05) is 43.2 Å². The van der Waals surface area contributed by atoms with Crippen LogP contribution in [0.1, 0.15) is 77.0 Å². The molecule has 0 aliphatic carbocycles. The number of rotatable bonds is 13. The minimum absolute atomic E-state index is 0.0124. The molecule has 1 unspecified atom stereocenters. The van der Waals surface area contributed by atoms with Gasteiger partial charge >= 0.3 is 0 Å². The van der Waals surface area contributed by atoms with E-state index in [4.69, 9.17) is 0 Å². The lowest BCUT2D eigenvalue weighted by molar-refractivity contribution is -0.141. The van der Waals surface area contributed by atoms with Crippen molar-refractivity contribution in [2.45, 2.75) is 80.2 Å². The second-order valence-electron chi connectivity index (χ2n) is 12.2. The zero-order valence-electron chi connectivity index (χ0n) is 24.3. The Bertz CT molecular complexity index is 1170. The van der Waals surface area contributed by atoms with Crippen LogP contribution in [-0.4, -0.2) is 46.2 Å². The van der Waals surface area contributed by atoms with Gasteiger partial charge in [0.15, 0.2) is 0 Å². The van der Waals surface area contributed by atoms with E-state index in [9.17, 15) is 9.59 Å². The number of aromatic nitrogens is 1. The number of amides is 2. The molecule has 1 heterocycles. The molecule has 3 aromatic rings. The first-order chi connectivity index (χ1) is 18.1. The number of carbonyl (C=O) groups is 2. The zero-order chi connectivity index (χ0) is 27.7. The van der Waals surface area contributed by atoms with Crippen molar-refractivity contribution in [3.05, 3.63) is 71.4 Å². The SMILES string of the molecule is CCCCN(CC(=O)N(CCc1c[nH]c2ccccc12)Cc1ccc(C)cc1)C(=O)CC(C)CC(C)(C)C. The van der Waals surface area contributed by atoms with E-state index in [0.717, 1.165) is 36.8 Å². The molecule has 38 heavy (non-hydrogen) atoms. The van der Waals surface area contributed by atoms with Gasteiger partial charge in [0.1, 0.15) is 0 Å². The van der Waals surface area contributed by atoms with E-state index in [2.05, 4.69) is 82.9 Å². The summed E-state index contributed by atoms with van der Waals surface area (Å²) in [5, 5.41) is 1.20. The van der Waals surface area contributed by atoms with Crippen molar-refractivity contribution in [2.75, 3.05) is 19.6 Å². The molecule has 1 atom stereocenters. The van der Waals surface area contributed by atoms with Crippen LogP contribution in [0, 0.1) is 18.3 Å². The number of aryl methyl sites for hydroxylation is 1. The van der Waals surface area contributed by atoms with Gasteiger partial charge in [0.05, 0.1) is 6.54 Å². The molecule has 2 aromatic carbocycles. The minimum atomic E-state index is 0.0124. The Balaban J connectivity index is 1.75. The van der Waals surface area contributed by atoms with Crippen molar-refractivity contribution < 1.29 is 9.59 Å². The van der Waals surface area contributed by atoms with Gasteiger partial charge in [0.2, 0.25) is 11.8 Å². The molecule has 0 bridgehead atoms. The van der Waals surface area contributed by atoms with Gasteiger partial charge in [-0.15, -0.1) is 0 Å². The number of hydrogen-bond donors (Lipinski definition) is 1. The number of aromatic amines is 1. The van der Waals surface area contributed by atoms with Gasteiger partial charge in [-0.2, -0.15) is 0 Å². The molecule has 0 aliphatic rings. The third kappa shape index (κ3) is 9.04. The highest BCUT2D eigenvalue weighted by Crippen LogP contribution is 2.26. The summed E-state index contributed by atoms with van der Waals surface area (Å²) in [6, 6.07) is 16.6. The molecule has 0 saturated carbocycles. The molecule has 5 heteroatoms. The van der Waals surface area contributed by atoms with E-state index in [1.165, 1.54) is 16.5 Å². The van der Waals surface area contributed by atoms with Crippen molar-refractivity contribution in [1.29, 1.82) is 0 Å². The van der Waals surface area contributed by atoms with Crippen LogP contribution in [0.5, 0.6) is 0 Å². The molecule has 0 aliphatic heterocycles. The van der Waals surface area contributed by atoms with Crippen LogP contribution in [0.25, 0.3) is 10.9 Å². The first-order valence-electron chi connectivity index (χ1n) is 14.2. The lowest BCUT2D eigenvalue weighted by Crippen LogP contribution is -2.44. The highest BCUT2D eigenvalue weighted by atomic mass is 16.2. The molecule has 0 saturated heterocycles. The minimum Gasteiger partial charge on any atom is -0.361 e. The topological polar surface area (TPSA) is 56.4 Å². The lowest BCUT2D eigenvalue weighted by Gasteiger charge is -2.29. The number of hydrogen-bond acceptors (Lipinski definition) is 2. The number of para-hydroxylation sites is 1. The van der Waals surface area contributed by atoms with Crippen LogP contribution in [0.4, 0.5) is 0 Å². The standard InChI is InChI=1S/C33H47N3O2/c1-7-8-18-35(31(37)20-26(3)21-33(4,5)6)24-32(38)36(23-27-15-13-25(2)14-16-27)19-17-28-22-34-30-12-10-9-11-29(28)30/h9-16,22,26,34H,7-8,17-21,23-24H2,1-6H3. The summed E-state index contributed by atoms with van der Waals surface area (Å²) in [5.41, 5.74) is 4.80. The maximum atomic E-state index is 13.8. The largest absolute Gasteiger partial charge is 0.361 e. The first-order valence-corrected chi connectivity index (χ1v) is 14.2. The number of H-pyrrole nitrogens is 1. The smallest absolute Gasteiger partial charge is 0.242 e. The fourth-order valence-electron chi connectivity index (χ4n) is 5.25. The van der Waals surface area contributed by atoms with E-state index in [-0.39, 0.29) is 29.7 Å². The quantitative estimate of drug-likeness (QED) is 0.262. The van der Waals surface area contributed by atoms with E-state index in [0.29, 0.717) is 26.1 Å². The Labute approximate surface area is 229 Å². The van der Waals surface area contributed by atoms with Gasteiger partial charge in [-0.05, 0) is 54.7 Å². The summed E-state index contributed by atoms with van der Waals surface area (Å²) in [4.78, 5) is 34.2. The van der Waals surface area contributed by atoms with Gasteiger partial charge < -0.3 is 14.8 Å². The summed E-state index contributed by atoms with van der Waals surface area (Å²) < 4.78 is 0. The molecule has 0 radical (unpaired) electrons. The number of fused-ring (bicyclic) bond motifs is 1. The number of nitrogens with zero attached hydrogens (tertiary/aromatic N) is 2. The Morgan fingerprint density at radius 2 is 1.66 bits per heavy atom. The first kappa shape index (κ1) is 29.5.